The van der Waals surface area contributed by atoms with E-state index in [1.54, 1.807) is 48.5 Å². The first-order valence-electron chi connectivity index (χ1n) is 8.27. The second kappa shape index (κ2) is 8.65. The molecule has 4 nitrogen and oxygen atoms in total. The van der Waals surface area contributed by atoms with Crippen LogP contribution in [0.4, 0.5) is 11.4 Å². The Balaban J connectivity index is 1.75. The number of aryl methyl sites for hydroxylation is 1. The van der Waals surface area contributed by atoms with Crippen LogP contribution in [0.1, 0.15) is 26.3 Å². The molecule has 2 N–H and O–H groups in total. The summed E-state index contributed by atoms with van der Waals surface area (Å²) in [6.07, 6.45) is 0. The summed E-state index contributed by atoms with van der Waals surface area (Å²) in [4.78, 5) is 24.9. The molecular weight excluding hydrogens is 419 g/mol. The average Bonchev–Trinajstić information content (AvgIpc) is 2.61. The SMILES string of the molecule is Cc1ccc(C(=O)Nc2cccc(NC(=O)c3ccc(Cl)cc3Cl)c2)c(Cl)c1. The number of amides is 2. The molecule has 3 rings (SSSR count). The zero-order chi connectivity index (χ0) is 20.3. The van der Waals surface area contributed by atoms with E-state index in [-0.39, 0.29) is 16.8 Å². The number of rotatable bonds is 4. The monoisotopic (exact) mass is 432 g/mol. The molecule has 0 spiro atoms. The highest BCUT2D eigenvalue weighted by atomic mass is 35.5. The van der Waals surface area contributed by atoms with Crippen LogP contribution >= 0.6 is 34.8 Å². The molecule has 0 fully saturated rings. The summed E-state index contributed by atoms with van der Waals surface area (Å²) >= 11 is 18.1. The Morgan fingerprint density at radius 3 is 1.79 bits per heavy atom. The highest BCUT2D eigenvalue weighted by Crippen LogP contribution is 2.24. The fourth-order valence-corrected chi connectivity index (χ4v) is 3.36. The van der Waals surface area contributed by atoms with Crippen LogP contribution in [-0.4, -0.2) is 11.8 Å². The van der Waals surface area contributed by atoms with E-state index in [0.717, 1.165) is 5.56 Å². The van der Waals surface area contributed by atoms with E-state index < -0.39 is 0 Å². The maximum atomic E-state index is 12.5. The normalized spacial score (nSPS) is 10.4. The highest BCUT2D eigenvalue weighted by molar-refractivity contribution is 6.37. The van der Waals surface area contributed by atoms with E-state index in [0.29, 0.717) is 32.5 Å². The predicted molar refractivity (Wildman–Crippen MR) is 115 cm³/mol. The fourth-order valence-electron chi connectivity index (χ4n) is 2.55. The summed E-state index contributed by atoms with van der Waals surface area (Å²) in [7, 11) is 0. The van der Waals surface area contributed by atoms with E-state index in [1.165, 1.54) is 6.07 Å². The van der Waals surface area contributed by atoms with Gasteiger partial charge in [0.25, 0.3) is 11.8 Å². The third kappa shape index (κ3) is 4.84. The Kier molecular flexibility index (Phi) is 6.25. The molecule has 0 aliphatic rings. The van der Waals surface area contributed by atoms with Crippen LogP contribution in [0.2, 0.25) is 15.1 Å². The molecule has 0 aliphatic heterocycles. The lowest BCUT2D eigenvalue weighted by Gasteiger charge is -2.10. The third-order valence-corrected chi connectivity index (χ3v) is 4.78. The Morgan fingerprint density at radius 1 is 0.714 bits per heavy atom. The molecule has 3 aromatic carbocycles. The average molecular weight is 434 g/mol. The van der Waals surface area contributed by atoms with E-state index in [1.807, 2.05) is 13.0 Å². The number of halogens is 3. The molecule has 7 heteroatoms. The van der Waals surface area contributed by atoms with Gasteiger partial charge in [-0.2, -0.15) is 0 Å². The Morgan fingerprint density at radius 2 is 1.25 bits per heavy atom. The van der Waals surface area contributed by atoms with Crippen LogP contribution in [0.3, 0.4) is 0 Å². The number of carbonyl (C=O) groups excluding carboxylic acids is 2. The lowest BCUT2D eigenvalue weighted by atomic mass is 10.1. The van der Waals surface area contributed by atoms with Crippen LogP contribution in [0.25, 0.3) is 0 Å². The Labute approximate surface area is 177 Å². The summed E-state index contributed by atoms with van der Waals surface area (Å²) in [5.74, 6) is -0.721. The second-order valence-electron chi connectivity index (χ2n) is 6.10. The highest BCUT2D eigenvalue weighted by Gasteiger charge is 2.13. The topological polar surface area (TPSA) is 58.2 Å². The van der Waals surface area contributed by atoms with Crippen molar-refractivity contribution in [3.63, 3.8) is 0 Å². The van der Waals surface area contributed by atoms with Crippen molar-refractivity contribution in [1.82, 2.24) is 0 Å². The summed E-state index contributed by atoms with van der Waals surface area (Å²) in [6.45, 7) is 1.90. The van der Waals surface area contributed by atoms with Crippen LogP contribution < -0.4 is 10.6 Å². The van der Waals surface area contributed by atoms with E-state index >= 15 is 0 Å². The zero-order valence-electron chi connectivity index (χ0n) is 14.7. The van der Waals surface area contributed by atoms with Crippen molar-refractivity contribution < 1.29 is 9.59 Å². The first-order valence-corrected chi connectivity index (χ1v) is 9.41. The van der Waals surface area contributed by atoms with Gasteiger partial charge in [-0.15, -0.1) is 0 Å². The number of anilines is 2. The number of nitrogens with one attached hydrogen (secondary N) is 2. The lowest BCUT2D eigenvalue weighted by molar-refractivity contribution is 0.101. The van der Waals surface area contributed by atoms with Gasteiger partial charge in [-0.25, -0.2) is 0 Å². The fraction of sp³-hybridized carbons (Fsp3) is 0.0476. The van der Waals surface area contributed by atoms with Crippen molar-refractivity contribution in [2.45, 2.75) is 6.92 Å². The molecule has 0 saturated heterocycles. The molecule has 28 heavy (non-hydrogen) atoms. The maximum absolute atomic E-state index is 12.5. The summed E-state index contributed by atoms with van der Waals surface area (Å²) in [5.41, 5.74) is 2.65. The largest absolute Gasteiger partial charge is 0.322 e. The van der Waals surface area contributed by atoms with Crippen molar-refractivity contribution in [3.05, 3.63) is 92.4 Å². The van der Waals surface area contributed by atoms with Crippen LogP contribution in [0.5, 0.6) is 0 Å². The molecule has 2 amide bonds. The molecular formula is C21H15Cl3N2O2. The molecule has 3 aromatic rings. The van der Waals surface area contributed by atoms with E-state index in [9.17, 15) is 9.59 Å². The molecule has 0 aromatic heterocycles. The molecule has 0 unspecified atom stereocenters. The van der Waals surface area contributed by atoms with Gasteiger partial charge in [0.2, 0.25) is 0 Å². The minimum atomic E-state index is -0.383. The van der Waals surface area contributed by atoms with Gasteiger partial charge in [0, 0.05) is 16.4 Å². The van der Waals surface area contributed by atoms with Gasteiger partial charge in [0.1, 0.15) is 0 Å². The van der Waals surface area contributed by atoms with E-state index in [4.69, 9.17) is 34.8 Å². The minimum absolute atomic E-state index is 0.253. The van der Waals surface area contributed by atoms with Crippen molar-refractivity contribution in [3.8, 4) is 0 Å². The second-order valence-corrected chi connectivity index (χ2v) is 7.35. The summed E-state index contributed by atoms with van der Waals surface area (Å²) < 4.78 is 0. The van der Waals surface area contributed by atoms with Crippen molar-refractivity contribution >= 4 is 58.0 Å². The number of carbonyl (C=O) groups is 2. The molecule has 0 atom stereocenters. The smallest absolute Gasteiger partial charge is 0.257 e. The van der Waals surface area contributed by atoms with Gasteiger partial charge >= 0.3 is 0 Å². The van der Waals surface area contributed by atoms with Gasteiger partial charge in [0.15, 0.2) is 0 Å². The lowest BCUT2D eigenvalue weighted by Crippen LogP contribution is -2.14. The quantitative estimate of drug-likeness (QED) is 0.496. The summed E-state index contributed by atoms with van der Waals surface area (Å²) in [6, 6.07) is 16.6. The minimum Gasteiger partial charge on any atom is -0.322 e. The van der Waals surface area contributed by atoms with Gasteiger partial charge < -0.3 is 10.6 Å². The van der Waals surface area contributed by atoms with Crippen molar-refractivity contribution in [1.29, 1.82) is 0 Å². The molecule has 0 saturated carbocycles. The molecule has 0 radical (unpaired) electrons. The standard InChI is InChI=1S/C21H15Cl3N2O2/c1-12-5-7-16(18(23)9-12)20(27)25-14-3-2-4-15(11-14)26-21(28)17-8-6-13(22)10-19(17)24/h2-11H,1H3,(H,25,27)(H,26,28). The molecule has 0 bridgehead atoms. The van der Waals surface area contributed by atoms with E-state index in [2.05, 4.69) is 10.6 Å². The molecule has 0 heterocycles. The Bertz CT molecular complexity index is 987. The van der Waals surface area contributed by atoms with Crippen molar-refractivity contribution in [2.75, 3.05) is 10.6 Å². The van der Waals surface area contributed by atoms with Gasteiger partial charge in [-0.3, -0.25) is 9.59 Å². The summed E-state index contributed by atoms with van der Waals surface area (Å²) in [5, 5.41) is 6.59. The molecule has 0 aliphatic carbocycles. The zero-order valence-corrected chi connectivity index (χ0v) is 17.0. The Hall–Kier alpha value is -2.53. The predicted octanol–water partition coefficient (Wildman–Crippen LogP) is 6.46. The number of hydrogen-bond acceptors (Lipinski definition) is 2. The van der Waals surface area contributed by atoms with Gasteiger partial charge in [-0.1, -0.05) is 46.9 Å². The van der Waals surface area contributed by atoms with Crippen molar-refractivity contribution in [2.24, 2.45) is 0 Å². The first-order chi connectivity index (χ1) is 13.3. The van der Waals surface area contributed by atoms with Crippen LogP contribution in [0, 0.1) is 6.92 Å². The maximum Gasteiger partial charge on any atom is 0.257 e. The van der Waals surface area contributed by atoms with Crippen LogP contribution in [-0.2, 0) is 0 Å². The third-order valence-electron chi connectivity index (χ3n) is 3.92. The first kappa shape index (κ1) is 20.2. The number of benzene rings is 3. The van der Waals surface area contributed by atoms with Crippen LogP contribution in [0.15, 0.2) is 60.7 Å². The number of hydrogen-bond donors (Lipinski definition) is 2. The molecule has 142 valence electrons. The van der Waals surface area contributed by atoms with Gasteiger partial charge in [-0.05, 0) is 61.0 Å². The van der Waals surface area contributed by atoms with Gasteiger partial charge in [0.05, 0.1) is 21.2 Å².